The monoisotopic (exact) mass is 438 g/mol. The highest BCUT2D eigenvalue weighted by Gasteiger charge is 2.24. The predicted octanol–water partition coefficient (Wildman–Crippen LogP) is 3.53. The Labute approximate surface area is 178 Å². The van der Waals surface area contributed by atoms with Crippen LogP contribution >= 0.6 is 11.8 Å². The van der Waals surface area contributed by atoms with Gasteiger partial charge in [-0.05, 0) is 66.2 Å². The summed E-state index contributed by atoms with van der Waals surface area (Å²) < 4.78 is 22.8. The minimum atomic E-state index is -3.73. The number of sulfonamides is 1. The van der Waals surface area contributed by atoms with Gasteiger partial charge in [-0.3, -0.25) is 4.79 Å². The van der Waals surface area contributed by atoms with Gasteiger partial charge in [-0.2, -0.15) is 0 Å². The molecule has 1 saturated heterocycles. The highest BCUT2D eigenvalue weighted by Crippen LogP contribution is 2.29. The number of rotatable bonds is 4. The average Bonchev–Trinajstić information content (AvgIpc) is 3.30. The van der Waals surface area contributed by atoms with E-state index >= 15 is 0 Å². The van der Waals surface area contributed by atoms with Crippen molar-refractivity contribution in [2.75, 3.05) is 0 Å². The van der Waals surface area contributed by atoms with E-state index < -0.39 is 10.0 Å². The van der Waals surface area contributed by atoms with Crippen LogP contribution in [0.2, 0.25) is 0 Å². The van der Waals surface area contributed by atoms with Gasteiger partial charge in [-0.1, -0.05) is 30.3 Å². The van der Waals surface area contributed by atoms with Crippen LogP contribution in [0.5, 0.6) is 0 Å². The number of para-hydroxylation sites is 1. The molecule has 2 heterocycles. The molecule has 0 atom stereocenters. The smallest absolute Gasteiger partial charge is 0.264 e. The zero-order chi connectivity index (χ0) is 21.3. The number of H-pyrrole nitrogens is 1. The van der Waals surface area contributed by atoms with Gasteiger partial charge in [0.15, 0.2) is 5.17 Å². The number of carbonyl (C=O) groups is 1. The number of thioether (sulfide) groups is 1. The van der Waals surface area contributed by atoms with Gasteiger partial charge >= 0.3 is 0 Å². The van der Waals surface area contributed by atoms with Crippen LogP contribution in [0.15, 0.2) is 75.5 Å². The zero-order valence-corrected chi connectivity index (χ0v) is 17.5. The molecule has 7 nitrogen and oxygen atoms in total. The molecule has 30 heavy (non-hydrogen) atoms. The summed E-state index contributed by atoms with van der Waals surface area (Å²) in [7, 11) is -3.73. The predicted molar refractivity (Wildman–Crippen MR) is 120 cm³/mol. The van der Waals surface area contributed by atoms with E-state index in [2.05, 4.69) is 15.3 Å². The first-order chi connectivity index (χ1) is 14.3. The number of benzene rings is 2. The highest BCUT2D eigenvalue weighted by atomic mass is 32.2. The Balaban J connectivity index is 1.54. The summed E-state index contributed by atoms with van der Waals surface area (Å²) in [5.74, 6) is -0.207. The first kappa shape index (κ1) is 20.1. The largest absolute Gasteiger partial charge is 0.355 e. The molecule has 0 radical (unpaired) electrons. The van der Waals surface area contributed by atoms with E-state index in [9.17, 15) is 13.2 Å². The minimum Gasteiger partial charge on any atom is -0.355 e. The van der Waals surface area contributed by atoms with Crippen LogP contribution in [0.1, 0.15) is 11.3 Å². The number of aromatic amines is 1. The number of aromatic nitrogens is 1. The van der Waals surface area contributed by atoms with Gasteiger partial charge < -0.3 is 10.3 Å². The second-order valence-corrected chi connectivity index (χ2v) is 9.26. The summed E-state index contributed by atoms with van der Waals surface area (Å²) in [5, 5.41) is 8.44. The summed E-state index contributed by atoms with van der Waals surface area (Å²) in [6, 6.07) is 17.7. The molecule has 0 bridgehead atoms. The lowest BCUT2D eigenvalue weighted by Gasteiger charge is -2.01. The fourth-order valence-corrected chi connectivity index (χ4v) is 4.25. The lowest BCUT2D eigenvalue weighted by atomic mass is 10.2. The van der Waals surface area contributed by atoms with Crippen molar-refractivity contribution in [2.45, 2.75) is 11.8 Å². The van der Waals surface area contributed by atoms with Crippen LogP contribution in [0.4, 0.5) is 5.69 Å². The summed E-state index contributed by atoms with van der Waals surface area (Å²) in [4.78, 5) is 20.6. The Morgan fingerprint density at radius 1 is 1.03 bits per heavy atom. The number of aliphatic imine (C=N–C) groups is 1. The Bertz CT molecular complexity index is 1290. The Kier molecular flexibility index (Phi) is 5.33. The van der Waals surface area contributed by atoms with E-state index in [1.165, 1.54) is 23.9 Å². The van der Waals surface area contributed by atoms with Gasteiger partial charge in [0.1, 0.15) is 0 Å². The number of hydrogen-bond acceptors (Lipinski definition) is 5. The number of aryl methyl sites for hydroxylation is 1. The molecule has 1 aliphatic rings. The van der Waals surface area contributed by atoms with Crippen LogP contribution in [-0.4, -0.2) is 24.5 Å². The van der Waals surface area contributed by atoms with Crippen molar-refractivity contribution in [3.8, 4) is 11.3 Å². The lowest BCUT2D eigenvalue weighted by molar-refractivity contribution is -0.115. The van der Waals surface area contributed by atoms with Crippen LogP contribution in [0, 0.1) is 6.92 Å². The second kappa shape index (κ2) is 7.94. The van der Waals surface area contributed by atoms with Crippen molar-refractivity contribution < 1.29 is 13.2 Å². The number of hydrogen-bond donors (Lipinski definition) is 3. The molecule has 1 fully saturated rings. The first-order valence-electron chi connectivity index (χ1n) is 8.97. The van der Waals surface area contributed by atoms with E-state index in [-0.39, 0.29) is 10.8 Å². The van der Waals surface area contributed by atoms with Gasteiger partial charge in [0, 0.05) is 11.4 Å². The Morgan fingerprint density at radius 3 is 2.47 bits per heavy atom. The standard InChI is InChI=1S/C21H18N4O3S2/c1-13-4-2-3-5-17(13)24-21-25-20(26)19(29-21)12-15-8-11-18(23-15)14-6-9-16(10-7-14)30(22,27)28/h2-12,23H,1H3,(H2,22,27,28)(H,24,25,26). The van der Waals surface area contributed by atoms with Gasteiger partial charge in [-0.25, -0.2) is 18.5 Å². The van der Waals surface area contributed by atoms with Gasteiger partial charge in [0.05, 0.1) is 15.5 Å². The molecule has 0 aliphatic carbocycles. The summed E-state index contributed by atoms with van der Waals surface area (Å²) in [6.45, 7) is 1.97. The number of primary sulfonamides is 1. The Hall–Kier alpha value is -3.14. The van der Waals surface area contributed by atoms with Crippen molar-refractivity contribution >= 4 is 44.6 Å². The maximum atomic E-state index is 12.3. The van der Waals surface area contributed by atoms with Gasteiger partial charge in [0.25, 0.3) is 5.91 Å². The van der Waals surface area contributed by atoms with E-state index in [4.69, 9.17) is 5.14 Å². The molecule has 1 aliphatic heterocycles. The van der Waals surface area contributed by atoms with Crippen molar-refractivity contribution in [3.63, 3.8) is 0 Å². The Morgan fingerprint density at radius 2 is 1.77 bits per heavy atom. The quantitative estimate of drug-likeness (QED) is 0.540. The fraction of sp³-hybridized carbons (Fsp3) is 0.0476. The third kappa shape index (κ3) is 4.38. The van der Waals surface area contributed by atoms with Crippen molar-refractivity contribution in [3.05, 3.63) is 76.8 Å². The third-order valence-corrected chi connectivity index (χ3v) is 6.32. The fourth-order valence-electron chi connectivity index (χ4n) is 2.91. The molecular formula is C21H18N4O3S2. The zero-order valence-electron chi connectivity index (χ0n) is 15.9. The van der Waals surface area contributed by atoms with Crippen LogP contribution in [0.25, 0.3) is 17.3 Å². The maximum Gasteiger partial charge on any atom is 0.264 e. The van der Waals surface area contributed by atoms with Crippen molar-refractivity contribution in [1.29, 1.82) is 0 Å². The van der Waals surface area contributed by atoms with E-state index in [0.717, 1.165) is 28.2 Å². The highest BCUT2D eigenvalue weighted by molar-refractivity contribution is 8.18. The molecule has 0 spiro atoms. The number of amides is 1. The van der Waals surface area contributed by atoms with Gasteiger partial charge in [-0.15, -0.1) is 0 Å². The number of amidine groups is 1. The number of nitrogens with one attached hydrogen (secondary N) is 2. The van der Waals surface area contributed by atoms with E-state index in [0.29, 0.717) is 10.1 Å². The van der Waals surface area contributed by atoms with E-state index in [1.54, 1.807) is 18.2 Å². The molecular weight excluding hydrogens is 420 g/mol. The molecule has 152 valence electrons. The third-order valence-electron chi connectivity index (χ3n) is 4.48. The molecule has 9 heteroatoms. The molecule has 0 saturated carbocycles. The maximum absolute atomic E-state index is 12.3. The molecule has 1 aromatic heterocycles. The first-order valence-corrected chi connectivity index (χ1v) is 11.3. The lowest BCUT2D eigenvalue weighted by Crippen LogP contribution is -2.19. The number of carbonyl (C=O) groups excluding carboxylic acids is 1. The molecule has 2 aromatic carbocycles. The summed E-state index contributed by atoms with van der Waals surface area (Å²) in [6.07, 6.45) is 1.75. The van der Waals surface area contributed by atoms with Gasteiger partial charge in [0.2, 0.25) is 10.0 Å². The van der Waals surface area contributed by atoms with E-state index in [1.807, 2.05) is 43.3 Å². The minimum absolute atomic E-state index is 0.0552. The molecule has 4 N–H and O–H groups in total. The molecule has 1 amide bonds. The average molecular weight is 439 g/mol. The number of nitrogens with two attached hydrogens (primary N) is 1. The normalized spacial score (nSPS) is 16.9. The van der Waals surface area contributed by atoms with Crippen molar-refractivity contribution in [2.24, 2.45) is 10.1 Å². The van der Waals surface area contributed by atoms with Crippen LogP contribution in [0.3, 0.4) is 0 Å². The molecule has 0 unspecified atom stereocenters. The van der Waals surface area contributed by atoms with Crippen molar-refractivity contribution in [1.82, 2.24) is 10.3 Å². The second-order valence-electron chi connectivity index (χ2n) is 6.66. The number of nitrogens with zero attached hydrogens (tertiary/aromatic N) is 1. The van der Waals surface area contributed by atoms with Crippen LogP contribution < -0.4 is 10.5 Å². The summed E-state index contributed by atoms with van der Waals surface area (Å²) >= 11 is 1.28. The topological polar surface area (TPSA) is 117 Å². The SMILES string of the molecule is Cc1ccccc1N=C1NC(=O)C(=Cc2ccc(-c3ccc(S(N)(=O)=O)cc3)[nH]2)S1. The van der Waals surface area contributed by atoms with Crippen LogP contribution in [-0.2, 0) is 14.8 Å². The molecule has 3 aromatic rings. The summed E-state index contributed by atoms with van der Waals surface area (Å²) in [5.41, 5.74) is 4.18. The molecule has 4 rings (SSSR count).